The summed E-state index contributed by atoms with van der Waals surface area (Å²) in [5, 5.41) is 18.6. The van der Waals surface area contributed by atoms with Gasteiger partial charge in [-0.05, 0) is 41.2 Å². The van der Waals surface area contributed by atoms with E-state index < -0.39 is 105 Å². The number of hydrogen-bond acceptors (Lipinski definition) is 5. The van der Waals surface area contributed by atoms with Crippen molar-refractivity contribution in [2.24, 2.45) is 0 Å². The molecular weight excluding hydrogens is 793 g/mol. The number of nitrogens with one attached hydrogen (secondary N) is 1. The Morgan fingerprint density at radius 3 is 1.57 bits per heavy atom. The molecule has 0 aliphatic heterocycles. The van der Waals surface area contributed by atoms with Crippen LogP contribution in [0.5, 0.6) is 5.75 Å². The average molecular weight is 828 g/mol. The number of rotatable bonds is 20. The minimum atomic E-state index is -8.68. The third kappa shape index (κ3) is 9.17. The zero-order valence-electron chi connectivity index (χ0n) is 27.8. The summed E-state index contributed by atoms with van der Waals surface area (Å²) in [7, 11) is -3.94. The van der Waals surface area contributed by atoms with E-state index in [1.807, 2.05) is 0 Å². The number of benzene rings is 1. The lowest BCUT2D eigenvalue weighted by Crippen LogP contribution is -2.74. The summed E-state index contributed by atoms with van der Waals surface area (Å²) in [5.41, 5.74) is -0.0431. The molecular formula is C29H34F17NO5Si. The van der Waals surface area contributed by atoms with E-state index in [0.717, 1.165) is 6.08 Å². The molecule has 0 aromatic heterocycles. The third-order valence-electron chi connectivity index (χ3n) is 8.30. The van der Waals surface area contributed by atoms with Crippen molar-refractivity contribution in [3.8, 4) is 5.75 Å². The maximum Gasteiger partial charge on any atom is 0.460 e. The lowest BCUT2D eigenvalue weighted by atomic mass is 9.88. The standard InChI is InChI=1S/C29H34F17NO5Si/c1-16(2)53(17(3)4,52-14-13-51-19-10-8-18(9-11-19)20(48)6-5-7-21(49)47-50)15-12-22(30,31)23(32,33)24(34,35)25(36,37)26(38,39)27(40,41)28(42,43)29(44,45)46/h5,7-11,16-17,20,48,50H,6,12-15H2,1-4H3,(H,47,49)/b7-5+/t20-/m1/s1. The van der Waals surface area contributed by atoms with Crippen molar-refractivity contribution >= 4 is 14.2 Å². The molecule has 308 valence electrons. The molecule has 0 spiro atoms. The zero-order valence-corrected chi connectivity index (χ0v) is 28.8. The molecule has 0 aliphatic rings. The minimum Gasteiger partial charge on any atom is -0.491 e. The lowest BCUT2D eigenvalue weighted by molar-refractivity contribution is -0.461. The van der Waals surface area contributed by atoms with E-state index in [9.17, 15) is 84.5 Å². The van der Waals surface area contributed by atoms with Crippen molar-refractivity contribution < 1.29 is 98.9 Å². The molecule has 1 atom stereocenters. The summed E-state index contributed by atoms with van der Waals surface area (Å²) < 4.78 is 244. The summed E-state index contributed by atoms with van der Waals surface area (Å²) in [4.78, 5) is 11.0. The molecule has 53 heavy (non-hydrogen) atoms. The van der Waals surface area contributed by atoms with Gasteiger partial charge in [0.1, 0.15) is 12.4 Å². The van der Waals surface area contributed by atoms with Crippen molar-refractivity contribution in [1.29, 1.82) is 0 Å². The predicted molar refractivity (Wildman–Crippen MR) is 153 cm³/mol. The summed E-state index contributed by atoms with van der Waals surface area (Å²) >= 11 is 0. The molecule has 0 fully saturated rings. The summed E-state index contributed by atoms with van der Waals surface area (Å²) in [6, 6.07) is 4.17. The summed E-state index contributed by atoms with van der Waals surface area (Å²) in [5.74, 6) is -57.4. The van der Waals surface area contributed by atoms with E-state index in [4.69, 9.17) is 14.4 Å². The minimum absolute atomic E-state index is 0.0487. The molecule has 1 rings (SSSR count). The first-order valence-corrected chi connectivity index (χ1v) is 17.3. The molecule has 0 saturated carbocycles. The maximum atomic E-state index is 14.8. The third-order valence-corrected chi connectivity index (χ3v) is 14.0. The van der Waals surface area contributed by atoms with Crippen LogP contribution >= 0.6 is 0 Å². The first kappa shape index (κ1) is 48.2. The van der Waals surface area contributed by atoms with Gasteiger partial charge in [0.15, 0.2) is 8.32 Å². The second-order valence-electron chi connectivity index (χ2n) is 12.3. The number of aliphatic hydroxyl groups is 1. The average Bonchev–Trinajstić information content (AvgIpc) is 3.03. The van der Waals surface area contributed by atoms with Crippen molar-refractivity contribution in [3.63, 3.8) is 0 Å². The Morgan fingerprint density at radius 2 is 1.15 bits per heavy atom. The van der Waals surface area contributed by atoms with Crippen molar-refractivity contribution in [1.82, 2.24) is 5.48 Å². The molecule has 0 aliphatic carbocycles. The SMILES string of the molecule is CC(C)[Si](CCC(F)(F)C(F)(F)C(F)(F)C(F)(F)C(F)(F)C(F)(F)C(F)(F)C(F)(F)F)(OCCOc1ccc([C@H](O)C/C=C/C(=O)NO)cc1)C(C)C. The number of aliphatic hydroxyl groups excluding tert-OH is 1. The van der Waals surface area contributed by atoms with Gasteiger partial charge in [0.25, 0.3) is 5.91 Å². The molecule has 1 amide bonds. The fourth-order valence-corrected chi connectivity index (χ4v) is 9.48. The molecule has 3 N–H and O–H groups in total. The van der Waals surface area contributed by atoms with Gasteiger partial charge in [0, 0.05) is 12.5 Å². The highest BCUT2D eigenvalue weighted by atomic mass is 28.4. The van der Waals surface area contributed by atoms with E-state index >= 15 is 0 Å². The highest BCUT2D eigenvalue weighted by molar-refractivity contribution is 6.76. The summed E-state index contributed by atoms with van der Waals surface area (Å²) in [6.45, 7) is 4.35. The van der Waals surface area contributed by atoms with E-state index in [2.05, 4.69) is 0 Å². The van der Waals surface area contributed by atoms with Gasteiger partial charge in [0.05, 0.1) is 12.7 Å². The number of hydroxylamine groups is 1. The van der Waals surface area contributed by atoms with Gasteiger partial charge in [-0.25, -0.2) is 5.48 Å². The molecule has 24 heteroatoms. The van der Waals surface area contributed by atoms with Crippen LogP contribution in [0.3, 0.4) is 0 Å². The fraction of sp³-hybridized carbons (Fsp3) is 0.690. The normalized spacial score (nSPS) is 15.4. The molecule has 0 saturated heterocycles. The maximum absolute atomic E-state index is 14.8. The topological polar surface area (TPSA) is 88.0 Å². The lowest BCUT2D eigenvalue weighted by Gasteiger charge is -2.44. The van der Waals surface area contributed by atoms with E-state index in [1.54, 1.807) is 0 Å². The van der Waals surface area contributed by atoms with Crippen LogP contribution in [0.1, 0.15) is 52.2 Å². The van der Waals surface area contributed by atoms with Gasteiger partial charge in [-0.15, -0.1) is 0 Å². The number of ether oxygens (including phenoxy) is 1. The Bertz CT molecular complexity index is 1380. The van der Waals surface area contributed by atoms with Crippen molar-refractivity contribution in [3.05, 3.63) is 42.0 Å². The van der Waals surface area contributed by atoms with Crippen LogP contribution in [0.25, 0.3) is 0 Å². The Hall–Kier alpha value is -2.86. The Labute approximate surface area is 291 Å². The molecule has 0 bridgehead atoms. The fourth-order valence-electron chi connectivity index (χ4n) is 5.01. The van der Waals surface area contributed by atoms with Gasteiger partial charge >= 0.3 is 47.6 Å². The van der Waals surface area contributed by atoms with Crippen LogP contribution < -0.4 is 10.2 Å². The quantitative estimate of drug-likeness (QED) is 0.0305. The highest BCUT2D eigenvalue weighted by Crippen LogP contribution is 2.64. The Kier molecular flexibility index (Phi) is 15.0. The zero-order chi connectivity index (χ0) is 41.9. The van der Waals surface area contributed by atoms with Crippen molar-refractivity contribution in [2.75, 3.05) is 13.2 Å². The van der Waals surface area contributed by atoms with E-state index in [1.165, 1.54) is 63.5 Å². The first-order valence-electron chi connectivity index (χ1n) is 15.0. The van der Waals surface area contributed by atoms with Crippen LogP contribution in [0.15, 0.2) is 36.4 Å². The Balaban J connectivity index is 3.22. The number of halogens is 17. The van der Waals surface area contributed by atoms with Crippen LogP contribution in [-0.4, -0.2) is 85.4 Å². The van der Waals surface area contributed by atoms with Gasteiger partial charge < -0.3 is 14.3 Å². The summed E-state index contributed by atoms with van der Waals surface area (Å²) in [6.07, 6.45) is -9.33. The second-order valence-corrected chi connectivity index (χ2v) is 17.3. The molecule has 0 radical (unpaired) electrons. The smallest absolute Gasteiger partial charge is 0.460 e. The van der Waals surface area contributed by atoms with Gasteiger partial charge in [0.2, 0.25) is 0 Å². The Morgan fingerprint density at radius 1 is 0.717 bits per heavy atom. The first-order chi connectivity index (χ1) is 23.7. The number of amides is 1. The van der Waals surface area contributed by atoms with Crippen molar-refractivity contribution in [2.45, 2.75) is 111 Å². The van der Waals surface area contributed by atoms with Crippen LogP contribution in [0.4, 0.5) is 74.6 Å². The van der Waals surface area contributed by atoms with Gasteiger partial charge in [-0.1, -0.05) is 45.9 Å². The molecule has 0 heterocycles. The van der Waals surface area contributed by atoms with Gasteiger partial charge in [-0.2, -0.15) is 74.6 Å². The van der Waals surface area contributed by atoms with E-state index in [-0.39, 0.29) is 12.2 Å². The molecule has 6 nitrogen and oxygen atoms in total. The monoisotopic (exact) mass is 827 g/mol. The van der Waals surface area contributed by atoms with E-state index in [0.29, 0.717) is 5.56 Å². The highest BCUT2D eigenvalue weighted by Gasteiger charge is 2.95. The van der Waals surface area contributed by atoms with Gasteiger partial charge in [-0.3, -0.25) is 10.0 Å². The predicted octanol–water partition coefficient (Wildman–Crippen LogP) is 9.73. The van der Waals surface area contributed by atoms with Crippen LogP contribution in [0, 0.1) is 0 Å². The van der Waals surface area contributed by atoms with Crippen LogP contribution in [-0.2, 0) is 9.22 Å². The number of carbonyl (C=O) groups excluding carboxylic acids is 1. The molecule has 1 aromatic carbocycles. The number of alkyl halides is 17. The largest absolute Gasteiger partial charge is 0.491 e. The van der Waals surface area contributed by atoms with Crippen LogP contribution in [0.2, 0.25) is 17.1 Å². The molecule has 0 unspecified atom stereocenters. The second kappa shape index (κ2) is 16.5. The number of hydrogen-bond donors (Lipinski definition) is 3. The molecule has 1 aromatic rings. The number of carbonyl (C=O) groups is 1.